The van der Waals surface area contributed by atoms with Gasteiger partial charge in [-0.3, -0.25) is 0 Å². The Labute approximate surface area is 159 Å². The lowest BCUT2D eigenvalue weighted by molar-refractivity contribution is 0.275. The molecule has 0 aliphatic heterocycles. The molecule has 0 aliphatic rings. The van der Waals surface area contributed by atoms with E-state index in [1.807, 2.05) is 6.07 Å². The van der Waals surface area contributed by atoms with Crippen LogP contribution in [0.3, 0.4) is 0 Å². The van der Waals surface area contributed by atoms with Crippen molar-refractivity contribution in [3.05, 3.63) is 47.3 Å². The van der Waals surface area contributed by atoms with Crippen molar-refractivity contribution in [1.82, 2.24) is 9.97 Å². The van der Waals surface area contributed by atoms with Crippen molar-refractivity contribution in [2.75, 3.05) is 11.9 Å². The molecule has 0 radical (unpaired) electrons. The summed E-state index contributed by atoms with van der Waals surface area (Å²) < 4.78 is 8.88. The van der Waals surface area contributed by atoms with Gasteiger partial charge in [0.25, 0.3) is 0 Å². The van der Waals surface area contributed by atoms with Gasteiger partial charge in [-0.15, -0.1) is 0 Å². The maximum absolute atomic E-state index is 9.75. The summed E-state index contributed by atoms with van der Waals surface area (Å²) >= 11 is 0. The molecule has 1 aromatic carbocycles. The monoisotopic (exact) mass is 397 g/mol. The van der Waals surface area contributed by atoms with E-state index in [4.69, 9.17) is 19.2 Å². The van der Waals surface area contributed by atoms with Crippen LogP contribution in [0, 0.1) is 13.8 Å². The molecule has 9 heteroatoms. The molecule has 0 saturated carbocycles. The van der Waals surface area contributed by atoms with Gasteiger partial charge in [0.15, 0.2) is 5.75 Å². The normalized spacial score (nSPS) is 12.1. The fourth-order valence-electron chi connectivity index (χ4n) is 2.57. The van der Waals surface area contributed by atoms with E-state index < -0.39 is 7.82 Å². The third-order valence-corrected chi connectivity index (χ3v) is 3.92. The van der Waals surface area contributed by atoms with Gasteiger partial charge < -0.3 is 25.1 Å². The quantitative estimate of drug-likeness (QED) is 0.449. The van der Waals surface area contributed by atoms with Crippen LogP contribution in [0.25, 0.3) is 0 Å². The summed E-state index contributed by atoms with van der Waals surface area (Å²) in [6.45, 7) is 6.60. The molecule has 1 unspecified atom stereocenters. The second-order valence-corrected chi connectivity index (χ2v) is 7.24. The highest BCUT2D eigenvalue weighted by Crippen LogP contribution is 2.26. The van der Waals surface area contributed by atoms with Gasteiger partial charge in [-0.1, -0.05) is 50.1 Å². The van der Waals surface area contributed by atoms with E-state index in [2.05, 4.69) is 46.5 Å². The van der Waals surface area contributed by atoms with Crippen LogP contribution >= 0.6 is 7.82 Å². The minimum atomic E-state index is -4.64. The Kier molecular flexibility index (Phi) is 9.38. The predicted octanol–water partition coefficient (Wildman–Crippen LogP) is 3.26. The molecule has 0 aliphatic carbocycles. The highest BCUT2D eigenvalue weighted by molar-refractivity contribution is 7.45. The van der Waals surface area contributed by atoms with E-state index in [-0.39, 0.29) is 5.75 Å². The van der Waals surface area contributed by atoms with Crippen molar-refractivity contribution in [2.45, 2.75) is 46.0 Å². The van der Waals surface area contributed by atoms with Gasteiger partial charge >= 0.3 is 7.82 Å². The Morgan fingerprint density at radius 1 is 1.07 bits per heavy atom. The zero-order chi connectivity index (χ0) is 20.4. The summed E-state index contributed by atoms with van der Waals surface area (Å²) in [5.74, 6) is 1.21. The summed E-state index contributed by atoms with van der Waals surface area (Å²) in [4.78, 5) is 30.2. The second-order valence-electron chi connectivity index (χ2n) is 6.21. The Bertz CT molecular complexity index is 721. The molecule has 5 N–H and O–H groups in total. The fraction of sp³-hybridized carbons (Fsp3) is 0.444. The zero-order valence-electron chi connectivity index (χ0n) is 15.8. The molecule has 8 nitrogen and oxygen atoms in total. The molecule has 2 rings (SSSR count). The van der Waals surface area contributed by atoms with E-state index >= 15 is 0 Å². The van der Waals surface area contributed by atoms with E-state index in [9.17, 15) is 5.11 Å². The number of aromatic nitrogens is 2. The summed E-state index contributed by atoms with van der Waals surface area (Å²) in [6.07, 6.45) is 3.54. The lowest BCUT2D eigenvalue weighted by Crippen LogP contribution is -2.15. The van der Waals surface area contributed by atoms with Gasteiger partial charge in [0.2, 0.25) is 5.95 Å². The third kappa shape index (κ3) is 9.49. The molecule has 1 heterocycles. The maximum atomic E-state index is 9.75. The molecule has 1 aromatic heterocycles. The first-order valence-electron chi connectivity index (χ1n) is 8.73. The van der Waals surface area contributed by atoms with E-state index in [1.54, 1.807) is 13.8 Å². The second kappa shape index (κ2) is 11.0. The third-order valence-electron chi connectivity index (χ3n) is 3.92. The summed E-state index contributed by atoms with van der Waals surface area (Å²) in [5, 5.41) is 13.1. The van der Waals surface area contributed by atoms with Crippen molar-refractivity contribution in [3.8, 4) is 5.75 Å². The number of nitrogens with zero attached hydrogens (tertiary/aromatic N) is 2. The van der Waals surface area contributed by atoms with Crippen LogP contribution in [0.4, 0.5) is 5.95 Å². The number of benzene rings is 1. The van der Waals surface area contributed by atoms with Gasteiger partial charge in [0, 0.05) is 12.5 Å². The number of phosphoric acid groups is 1. The number of aromatic hydroxyl groups is 1. The Morgan fingerprint density at radius 2 is 1.59 bits per heavy atom. The number of rotatable bonds is 7. The van der Waals surface area contributed by atoms with Crippen LogP contribution in [0.2, 0.25) is 0 Å². The van der Waals surface area contributed by atoms with Crippen molar-refractivity contribution in [1.29, 1.82) is 0 Å². The van der Waals surface area contributed by atoms with Crippen LogP contribution in [0.1, 0.15) is 49.1 Å². The zero-order valence-corrected chi connectivity index (χ0v) is 16.7. The number of hydrogen-bond donors (Lipinski definition) is 5. The van der Waals surface area contributed by atoms with Crippen molar-refractivity contribution in [2.24, 2.45) is 0 Å². The minimum absolute atomic E-state index is 0.177. The van der Waals surface area contributed by atoms with Crippen molar-refractivity contribution in [3.63, 3.8) is 0 Å². The average Bonchev–Trinajstić information content (AvgIpc) is 2.59. The van der Waals surface area contributed by atoms with Gasteiger partial charge in [-0.05, 0) is 25.8 Å². The molecule has 27 heavy (non-hydrogen) atoms. The Morgan fingerprint density at radius 3 is 2.07 bits per heavy atom. The summed E-state index contributed by atoms with van der Waals surface area (Å²) in [5.41, 5.74) is 2.57. The number of hydrogen-bond acceptors (Lipinski definition) is 5. The molecule has 0 amide bonds. The number of aryl methyl sites for hydroxylation is 2. The molecule has 2 aromatic rings. The average molecular weight is 397 g/mol. The van der Waals surface area contributed by atoms with Crippen molar-refractivity contribution < 1.29 is 24.4 Å². The molecule has 150 valence electrons. The SMILES string of the molecule is CCCCC(CNc1nc(C)c(O)c(C)n1)c1ccccc1.O=P(O)(O)O. The van der Waals surface area contributed by atoms with E-state index in [0.717, 1.165) is 13.0 Å². The predicted molar refractivity (Wildman–Crippen MR) is 105 cm³/mol. The molecule has 0 spiro atoms. The topological polar surface area (TPSA) is 136 Å². The smallest absolute Gasteiger partial charge is 0.466 e. The standard InChI is InChI=1S/C18H25N3O.H3O4P/c1-4-5-9-16(15-10-7-6-8-11-15)12-19-18-20-13(2)17(22)14(3)21-18;1-5(2,3)4/h6-8,10-11,16,22H,4-5,9,12H2,1-3H3,(H,19,20,21);(H3,1,2,3,4). The molecule has 1 atom stereocenters. The van der Waals surface area contributed by atoms with Crippen LogP contribution < -0.4 is 5.32 Å². The summed E-state index contributed by atoms with van der Waals surface area (Å²) in [6, 6.07) is 10.6. The van der Waals surface area contributed by atoms with Crippen LogP contribution in [0.15, 0.2) is 30.3 Å². The largest absolute Gasteiger partial charge is 0.504 e. The first-order valence-corrected chi connectivity index (χ1v) is 10.3. The van der Waals surface area contributed by atoms with Crippen LogP contribution in [-0.4, -0.2) is 36.3 Å². The van der Waals surface area contributed by atoms with E-state index in [1.165, 1.54) is 18.4 Å². The molecular formula is C18H28N3O5P. The number of anilines is 1. The van der Waals surface area contributed by atoms with Gasteiger partial charge in [-0.25, -0.2) is 14.5 Å². The summed E-state index contributed by atoms with van der Waals surface area (Å²) in [7, 11) is -4.64. The lowest BCUT2D eigenvalue weighted by Gasteiger charge is -2.18. The molecule has 0 bridgehead atoms. The van der Waals surface area contributed by atoms with Crippen LogP contribution in [0.5, 0.6) is 5.75 Å². The highest BCUT2D eigenvalue weighted by Gasteiger charge is 2.13. The van der Waals surface area contributed by atoms with Gasteiger partial charge in [0.1, 0.15) is 0 Å². The van der Waals surface area contributed by atoms with E-state index in [0.29, 0.717) is 23.3 Å². The maximum Gasteiger partial charge on any atom is 0.466 e. The first-order chi connectivity index (χ1) is 12.6. The number of nitrogens with one attached hydrogen (secondary N) is 1. The van der Waals surface area contributed by atoms with Gasteiger partial charge in [0.05, 0.1) is 11.4 Å². The number of unbranched alkanes of at least 4 members (excludes halogenated alkanes) is 1. The fourth-order valence-corrected chi connectivity index (χ4v) is 2.57. The molecule has 0 fully saturated rings. The van der Waals surface area contributed by atoms with Gasteiger partial charge in [-0.2, -0.15) is 0 Å². The molecule has 0 saturated heterocycles. The Hall–Kier alpha value is -1.99. The van der Waals surface area contributed by atoms with Crippen LogP contribution in [-0.2, 0) is 4.57 Å². The van der Waals surface area contributed by atoms with Crippen molar-refractivity contribution >= 4 is 13.8 Å². The highest BCUT2D eigenvalue weighted by atomic mass is 31.2. The first kappa shape index (κ1) is 23.0. The molecular weight excluding hydrogens is 369 g/mol. The Balaban J connectivity index is 0.000000646. The lowest BCUT2D eigenvalue weighted by atomic mass is 9.93. The minimum Gasteiger partial charge on any atom is -0.504 e.